The fraction of sp³-hybridized carbons (Fsp3) is 0.149. The second-order valence-electron chi connectivity index (χ2n) is 11.8. The molecular formula is C47H48O6. The van der Waals surface area contributed by atoms with Crippen molar-refractivity contribution in [2.75, 3.05) is 0 Å². The zero-order chi connectivity index (χ0) is 35.6. The van der Waals surface area contributed by atoms with Gasteiger partial charge in [-0.2, -0.15) is 0 Å². The standard InChI is InChI=1S/2C22H18O3.3CH4/c1-15-3-11-20(12-4-15)25-21-13-9-19(10-14-21)22(24)18-7-5-17(6-8-18)16(2)23;1-15-6-10-20(11-7-15)25-21-12-8-17(9-13-21)22(24)19-5-3-4-18(14-19)16(2)23;;;/h2*3-14H,1-2H3;3*1H4. The van der Waals surface area contributed by atoms with Crippen LogP contribution in [0.4, 0.5) is 0 Å². The Labute approximate surface area is 314 Å². The quantitative estimate of drug-likeness (QED) is 0.132. The molecule has 0 unspecified atom stereocenters. The first-order chi connectivity index (χ1) is 24.0. The molecule has 0 spiro atoms. The highest BCUT2D eigenvalue weighted by Crippen LogP contribution is 2.24. The van der Waals surface area contributed by atoms with Crippen molar-refractivity contribution < 1.29 is 28.7 Å². The zero-order valence-corrected chi connectivity index (χ0v) is 28.3. The Morgan fingerprint density at radius 1 is 0.358 bits per heavy atom. The molecule has 6 aromatic carbocycles. The molecule has 0 atom stereocenters. The monoisotopic (exact) mass is 708 g/mol. The molecule has 6 rings (SSSR count). The molecule has 53 heavy (non-hydrogen) atoms. The summed E-state index contributed by atoms with van der Waals surface area (Å²) in [5, 5.41) is 0. The molecule has 0 saturated carbocycles. The number of rotatable bonds is 10. The number of ketones is 4. The zero-order valence-electron chi connectivity index (χ0n) is 28.3. The van der Waals surface area contributed by atoms with Gasteiger partial charge < -0.3 is 9.47 Å². The van der Waals surface area contributed by atoms with Crippen LogP contribution in [0.1, 0.15) is 99.8 Å². The molecule has 6 aromatic rings. The van der Waals surface area contributed by atoms with E-state index in [1.165, 1.54) is 25.0 Å². The predicted octanol–water partition coefficient (Wildman–Crippen LogP) is 12.4. The van der Waals surface area contributed by atoms with Gasteiger partial charge in [0.2, 0.25) is 0 Å². The van der Waals surface area contributed by atoms with Gasteiger partial charge >= 0.3 is 0 Å². The Morgan fingerprint density at radius 3 is 1.00 bits per heavy atom. The van der Waals surface area contributed by atoms with Crippen molar-refractivity contribution >= 4 is 23.1 Å². The fourth-order valence-electron chi connectivity index (χ4n) is 4.90. The minimum atomic E-state index is -0.120. The van der Waals surface area contributed by atoms with Crippen LogP contribution < -0.4 is 9.47 Å². The lowest BCUT2D eigenvalue weighted by molar-refractivity contribution is 0.100. The highest BCUT2D eigenvalue weighted by atomic mass is 16.5. The third-order valence-electron chi connectivity index (χ3n) is 7.83. The maximum Gasteiger partial charge on any atom is 0.193 e. The summed E-state index contributed by atoms with van der Waals surface area (Å²) in [6.45, 7) is 7.03. The second kappa shape index (κ2) is 19.8. The average Bonchev–Trinajstić information content (AvgIpc) is 3.14. The number of carbonyl (C=O) groups is 4. The molecule has 0 saturated heterocycles. The van der Waals surface area contributed by atoms with Crippen LogP contribution in [-0.2, 0) is 0 Å². The minimum absolute atomic E-state index is 0. The van der Waals surface area contributed by atoms with Crippen LogP contribution in [0.25, 0.3) is 0 Å². The average molecular weight is 709 g/mol. The van der Waals surface area contributed by atoms with E-state index < -0.39 is 0 Å². The van der Waals surface area contributed by atoms with Crippen molar-refractivity contribution in [3.05, 3.63) is 190 Å². The molecule has 0 heterocycles. The highest BCUT2D eigenvalue weighted by molar-refractivity contribution is 6.10. The Kier molecular flexibility index (Phi) is 16.0. The molecule has 0 N–H and O–H groups in total. The largest absolute Gasteiger partial charge is 0.457 e. The van der Waals surface area contributed by atoms with Gasteiger partial charge in [-0.25, -0.2) is 0 Å². The molecule has 0 bridgehead atoms. The van der Waals surface area contributed by atoms with E-state index in [1.807, 2.05) is 62.4 Å². The van der Waals surface area contributed by atoms with E-state index in [0.717, 1.165) is 11.5 Å². The lowest BCUT2D eigenvalue weighted by Gasteiger charge is -2.07. The first kappa shape index (κ1) is 42.8. The van der Waals surface area contributed by atoms with E-state index in [1.54, 1.807) is 97.1 Å². The molecule has 0 aliphatic rings. The summed E-state index contributed by atoms with van der Waals surface area (Å²) in [4.78, 5) is 47.9. The molecule has 0 aliphatic heterocycles. The Balaban J connectivity index is 0.000000347. The maximum absolute atomic E-state index is 12.6. The summed E-state index contributed by atoms with van der Waals surface area (Å²) < 4.78 is 11.5. The summed E-state index contributed by atoms with van der Waals surface area (Å²) >= 11 is 0. The molecule has 0 fully saturated rings. The molecule has 272 valence electrons. The molecule has 0 amide bonds. The highest BCUT2D eigenvalue weighted by Gasteiger charge is 2.12. The van der Waals surface area contributed by atoms with Gasteiger partial charge in [-0.15, -0.1) is 0 Å². The summed E-state index contributed by atoms with van der Waals surface area (Å²) in [6.07, 6.45) is 0. The van der Waals surface area contributed by atoms with Crippen LogP contribution in [0.3, 0.4) is 0 Å². The number of hydrogen-bond donors (Lipinski definition) is 0. The predicted molar refractivity (Wildman–Crippen MR) is 215 cm³/mol. The number of Topliss-reactive ketones (excluding diaryl/α,β-unsaturated/α-hetero) is 2. The maximum atomic E-state index is 12.6. The topological polar surface area (TPSA) is 86.7 Å². The molecule has 6 nitrogen and oxygen atoms in total. The molecule has 0 aromatic heterocycles. The van der Waals surface area contributed by atoms with Crippen LogP contribution in [0.2, 0.25) is 0 Å². The first-order valence-corrected chi connectivity index (χ1v) is 16.1. The van der Waals surface area contributed by atoms with Crippen molar-refractivity contribution in [2.24, 2.45) is 0 Å². The van der Waals surface area contributed by atoms with Gasteiger partial charge in [-0.1, -0.05) is 100 Å². The molecular weight excluding hydrogens is 661 g/mol. The van der Waals surface area contributed by atoms with Crippen molar-refractivity contribution in [3.63, 3.8) is 0 Å². The third-order valence-corrected chi connectivity index (χ3v) is 7.83. The van der Waals surface area contributed by atoms with Crippen molar-refractivity contribution in [3.8, 4) is 23.0 Å². The van der Waals surface area contributed by atoms with E-state index in [2.05, 4.69) is 0 Å². The first-order valence-electron chi connectivity index (χ1n) is 16.1. The van der Waals surface area contributed by atoms with Gasteiger partial charge in [-0.05, 0) is 107 Å². The lowest BCUT2D eigenvalue weighted by Crippen LogP contribution is -2.03. The van der Waals surface area contributed by atoms with Crippen LogP contribution in [0, 0.1) is 13.8 Å². The van der Waals surface area contributed by atoms with Gasteiger partial charge in [0.1, 0.15) is 23.0 Å². The van der Waals surface area contributed by atoms with Crippen LogP contribution in [0.15, 0.2) is 146 Å². The number of aryl methyl sites for hydroxylation is 2. The van der Waals surface area contributed by atoms with Crippen molar-refractivity contribution in [1.82, 2.24) is 0 Å². The minimum Gasteiger partial charge on any atom is -0.457 e. The summed E-state index contributed by atoms with van der Waals surface area (Å²) in [5.74, 6) is 2.56. The van der Waals surface area contributed by atoms with E-state index >= 15 is 0 Å². The van der Waals surface area contributed by atoms with Gasteiger partial charge in [0.05, 0.1) is 0 Å². The van der Waals surface area contributed by atoms with Crippen molar-refractivity contribution in [2.45, 2.75) is 50.0 Å². The number of ether oxygens (including phenoxy) is 2. The summed E-state index contributed by atoms with van der Waals surface area (Å²) in [7, 11) is 0. The van der Waals surface area contributed by atoms with Crippen LogP contribution in [-0.4, -0.2) is 23.1 Å². The number of benzene rings is 6. The lowest BCUT2D eigenvalue weighted by atomic mass is 10.0. The Hall–Kier alpha value is -6.40. The van der Waals surface area contributed by atoms with E-state index in [9.17, 15) is 19.2 Å². The molecule has 6 heteroatoms. The van der Waals surface area contributed by atoms with E-state index in [4.69, 9.17) is 9.47 Å². The second-order valence-corrected chi connectivity index (χ2v) is 11.8. The van der Waals surface area contributed by atoms with Crippen LogP contribution >= 0.6 is 0 Å². The molecule has 0 aliphatic carbocycles. The summed E-state index contributed by atoms with van der Waals surface area (Å²) in [6, 6.07) is 43.0. The Morgan fingerprint density at radius 2 is 0.642 bits per heavy atom. The number of carbonyl (C=O) groups excluding carboxylic acids is 4. The SMILES string of the molecule is C.C.C.CC(=O)c1ccc(C(=O)c2ccc(Oc3ccc(C)cc3)cc2)cc1.CC(=O)c1cccc(C(=O)c2ccc(Oc3ccc(C)cc3)cc2)c1. The van der Waals surface area contributed by atoms with E-state index in [0.29, 0.717) is 44.9 Å². The molecule has 0 radical (unpaired) electrons. The van der Waals surface area contributed by atoms with Gasteiger partial charge in [-0.3, -0.25) is 19.2 Å². The summed E-state index contributed by atoms with van der Waals surface area (Å²) in [5.41, 5.74) is 5.65. The van der Waals surface area contributed by atoms with Gasteiger partial charge in [0.25, 0.3) is 0 Å². The van der Waals surface area contributed by atoms with Gasteiger partial charge in [0, 0.05) is 33.4 Å². The van der Waals surface area contributed by atoms with Crippen LogP contribution in [0.5, 0.6) is 23.0 Å². The number of hydrogen-bond acceptors (Lipinski definition) is 6. The smallest absolute Gasteiger partial charge is 0.193 e. The van der Waals surface area contributed by atoms with Gasteiger partial charge in [0.15, 0.2) is 23.1 Å². The third kappa shape index (κ3) is 11.8. The normalized spacial score (nSPS) is 9.74. The Bertz CT molecular complexity index is 2110. The van der Waals surface area contributed by atoms with E-state index in [-0.39, 0.29) is 45.4 Å². The van der Waals surface area contributed by atoms with Crippen molar-refractivity contribution in [1.29, 1.82) is 0 Å². The fourth-order valence-corrected chi connectivity index (χ4v) is 4.90.